The van der Waals surface area contributed by atoms with Crippen molar-refractivity contribution in [3.63, 3.8) is 0 Å². The highest BCUT2D eigenvalue weighted by atomic mass is 35.5. The highest BCUT2D eigenvalue weighted by molar-refractivity contribution is 6.30. The fourth-order valence-electron chi connectivity index (χ4n) is 1.81. The van der Waals surface area contributed by atoms with Gasteiger partial charge in [0.1, 0.15) is 11.6 Å². The van der Waals surface area contributed by atoms with E-state index in [1.54, 1.807) is 42.5 Å². The topological polar surface area (TPSA) is 64.9 Å². The average molecular weight is 312 g/mol. The Balaban J connectivity index is 2.10. The molecular formula is C17H14ClN3O. The molecule has 0 aliphatic carbocycles. The zero-order chi connectivity index (χ0) is 15.9. The molecule has 0 aliphatic rings. The van der Waals surface area contributed by atoms with Crippen LogP contribution in [0.25, 0.3) is 0 Å². The van der Waals surface area contributed by atoms with Crippen LogP contribution in [0.3, 0.4) is 0 Å². The maximum absolute atomic E-state index is 12.0. The molecule has 0 aromatic heterocycles. The van der Waals surface area contributed by atoms with Gasteiger partial charge in [-0.25, -0.2) is 0 Å². The number of hydrogen-bond donors (Lipinski definition) is 2. The van der Waals surface area contributed by atoms with Crippen molar-refractivity contribution in [2.24, 2.45) is 0 Å². The van der Waals surface area contributed by atoms with E-state index in [0.29, 0.717) is 10.7 Å². The molecule has 0 unspecified atom stereocenters. The van der Waals surface area contributed by atoms with Gasteiger partial charge >= 0.3 is 0 Å². The van der Waals surface area contributed by atoms with Crippen molar-refractivity contribution in [1.29, 1.82) is 5.26 Å². The van der Waals surface area contributed by atoms with Gasteiger partial charge in [0.05, 0.1) is 0 Å². The van der Waals surface area contributed by atoms with Crippen LogP contribution < -0.4 is 10.6 Å². The first kappa shape index (κ1) is 15.6. The van der Waals surface area contributed by atoms with E-state index >= 15 is 0 Å². The Morgan fingerprint density at radius 3 is 2.59 bits per heavy atom. The minimum Gasteiger partial charge on any atom is -0.360 e. The van der Waals surface area contributed by atoms with Gasteiger partial charge < -0.3 is 10.6 Å². The van der Waals surface area contributed by atoms with E-state index in [-0.39, 0.29) is 5.57 Å². The number of amides is 1. The van der Waals surface area contributed by atoms with Crippen LogP contribution in [0.1, 0.15) is 5.56 Å². The summed E-state index contributed by atoms with van der Waals surface area (Å²) in [4.78, 5) is 12.0. The van der Waals surface area contributed by atoms with Crippen molar-refractivity contribution in [1.82, 2.24) is 0 Å². The van der Waals surface area contributed by atoms with Crippen LogP contribution in [0.2, 0.25) is 5.02 Å². The van der Waals surface area contributed by atoms with Gasteiger partial charge in [-0.2, -0.15) is 5.26 Å². The van der Waals surface area contributed by atoms with E-state index in [1.165, 1.54) is 6.20 Å². The molecule has 110 valence electrons. The van der Waals surface area contributed by atoms with Crippen LogP contribution in [0.4, 0.5) is 11.4 Å². The van der Waals surface area contributed by atoms with Gasteiger partial charge in [0.15, 0.2) is 0 Å². The third-order valence-electron chi connectivity index (χ3n) is 2.96. The van der Waals surface area contributed by atoms with Crippen LogP contribution in [0.5, 0.6) is 0 Å². The third-order valence-corrected chi connectivity index (χ3v) is 3.19. The number of carbonyl (C=O) groups excluding carboxylic acids is 1. The van der Waals surface area contributed by atoms with Crippen LogP contribution in [-0.4, -0.2) is 5.91 Å². The first-order valence-corrected chi connectivity index (χ1v) is 6.97. The molecule has 0 saturated carbocycles. The summed E-state index contributed by atoms with van der Waals surface area (Å²) in [7, 11) is 0. The molecule has 0 saturated heterocycles. The molecule has 4 nitrogen and oxygen atoms in total. The van der Waals surface area contributed by atoms with Gasteiger partial charge in [-0.1, -0.05) is 29.8 Å². The van der Waals surface area contributed by atoms with Gasteiger partial charge in [0.2, 0.25) is 0 Å². The minimum atomic E-state index is -0.465. The normalized spacial score (nSPS) is 10.7. The van der Waals surface area contributed by atoms with E-state index < -0.39 is 5.91 Å². The summed E-state index contributed by atoms with van der Waals surface area (Å²) in [5.74, 6) is -0.465. The van der Waals surface area contributed by atoms with Crippen LogP contribution in [0, 0.1) is 18.3 Å². The number of halogens is 1. The van der Waals surface area contributed by atoms with Crippen LogP contribution in [-0.2, 0) is 4.79 Å². The number of carbonyl (C=O) groups is 1. The number of aryl methyl sites for hydroxylation is 1. The molecule has 2 N–H and O–H groups in total. The second kappa shape index (κ2) is 7.30. The van der Waals surface area contributed by atoms with Gasteiger partial charge in [0, 0.05) is 22.6 Å². The smallest absolute Gasteiger partial charge is 0.267 e. The maximum atomic E-state index is 12.0. The zero-order valence-electron chi connectivity index (χ0n) is 11.9. The lowest BCUT2D eigenvalue weighted by atomic mass is 10.2. The maximum Gasteiger partial charge on any atom is 0.267 e. The SMILES string of the molecule is Cc1cc(Cl)ccc1N/C=C(\C#N)C(=O)Nc1ccccc1. The number of hydrogen-bond acceptors (Lipinski definition) is 3. The number of benzene rings is 2. The van der Waals surface area contributed by atoms with E-state index in [2.05, 4.69) is 10.6 Å². The van der Waals surface area contributed by atoms with E-state index in [4.69, 9.17) is 16.9 Å². The molecule has 2 rings (SSSR count). The molecule has 0 bridgehead atoms. The summed E-state index contributed by atoms with van der Waals surface area (Å²) in [6.07, 6.45) is 1.38. The molecule has 1 amide bonds. The van der Waals surface area contributed by atoms with E-state index in [1.807, 2.05) is 19.1 Å². The molecule has 5 heteroatoms. The van der Waals surface area contributed by atoms with Crippen molar-refractivity contribution in [3.8, 4) is 6.07 Å². The van der Waals surface area contributed by atoms with Crippen molar-refractivity contribution < 1.29 is 4.79 Å². The highest BCUT2D eigenvalue weighted by Gasteiger charge is 2.09. The van der Waals surface area contributed by atoms with Crippen LogP contribution in [0.15, 0.2) is 60.3 Å². The number of anilines is 2. The number of nitrogens with one attached hydrogen (secondary N) is 2. The largest absolute Gasteiger partial charge is 0.360 e. The molecule has 2 aromatic carbocycles. The van der Waals surface area contributed by atoms with E-state index in [9.17, 15) is 4.79 Å². The molecule has 22 heavy (non-hydrogen) atoms. The monoisotopic (exact) mass is 311 g/mol. The van der Waals surface area contributed by atoms with Crippen molar-refractivity contribution in [3.05, 3.63) is 70.9 Å². The number of para-hydroxylation sites is 1. The molecular weight excluding hydrogens is 298 g/mol. The number of nitriles is 1. The summed E-state index contributed by atoms with van der Waals surface area (Å²) in [5.41, 5.74) is 2.32. The van der Waals surface area contributed by atoms with Crippen molar-refractivity contribution >= 4 is 28.9 Å². The predicted octanol–water partition coefficient (Wildman–Crippen LogP) is 4.11. The Morgan fingerprint density at radius 1 is 1.23 bits per heavy atom. The molecule has 0 fully saturated rings. The molecule has 0 spiro atoms. The fourth-order valence-corrected chi connectivity index (χ4v) is 2.03. The fraction of sp³-hybridized carbons (Fsp3) is 0.0588. The highest BCUT2D eigenvalue weighted by Crippen LogP contribution is 2.19. The standard InChI is InChI=1S/C17H14ClN3O/c1-12-9-14(18)7-8-16(12)20-11-13(10-19)17(22)21-15-5-3-2-4-6-15/h2-9,11,20H,1H3,(H,21,22)/b13-11+. The van der Waals surface area contributed by atoms with Gasteiger partial charge in [-0.05, 0) is 42.8 Å². The first-order valence-electron chi connectivity index (χ1n) is 6.59. The molecule has 2 aromatic rings. The Labute approximate surface area is 134 Å². The van der Waals surface area contributed by atoms with Gasteiger partial charge in [-0.3, -0.25) is 4.79 Å². The van der Waals surface area contributed by atoms with Crippen molar-refractivity contribution in [2.45, 2.75) is 6.92 Å². The number of nitrogens with zero attached hydrogens (tertiary/aromatic N) is 1. The van der Waals surface area contributed by atoms with Crippen molar-refractivity contribution in [2.75, 3.05) is 10.6 Å². The molecule has 0 atom stereocenters. The second-order valence-corrected chi connectivity index (χ2v) is 5.03. The lowest BCUT2D eigenvalue weighted by molar-refractivity contribution is -0.112. The Morgan fingerprint density at radius 2 is 1.95 bits per heavy atom. The van der Waals surface area contributed by atoms with E-state index in [0.717, 1.165) is 11.3 Å². The third kappa shape index (κ3) is 4.11. The first-order chi connectivity index (χ1) is 10.6. The quantitative estimate of drug-likeness (QED) is 0.660. The Hall–Kier alpha value is -2.77. The Kier molecular flexibility index (Phi) is 5.18. The predicted molar refractivity (Wildman–Crippen MR) is 88.6 cm³/mol. The molecule has 0 aliphatic heterocycles. The van der Waals surface area contributed by atoms with Gasteiger partial charge in [-0.15, -0.1) is 0 Å². The summed E-state index contributed by atoms with van der Waals surface area (Å²) in [6.45, 7) is 1.89. The molecule has 0 radical (unpaired) electrons. The minimum absolute atomic E-state index is 0.0156. The zero-order valence-corrected chi connectivity index (χ0v) is 12.7. The summed E-state index contributed by atoms with van der Waals surface area (Å²) < 4.78 is 0. The Bertz CT molecular complexity index is 748. The summed E-state index contributed by atoms with van der Waals surface area (Å²) in [6, 6.07) is 16.2. The lowest BCUT2D eigenvalue weighted by Crippen LogP contribution is -2.14. The second-order valence-electron chi connectivity index (χ2n) is 4.59. The average Bonchev–Trinajstić information content (AvgIpc) is 2.50. The lowest BCUT2D eigenvalue weighted by Gasteiger charge is -2.07. The molecule has 0 heterocycles. The number of rotatable bonds is 4. The summed E-state index contributed by atoms with van der Waals surface area (Å²) >= 11 is 5.89. The van der Waals surface area contributed by atoms with Gasteiger partial charge in [0.25, 0.3) is 5.91 Å². The van der Waals surface area contributed by atoms with Crippen LogP contribution >= 0.6 is 11.6 Å². The summed E-state index contributed by atoms with van der Waals surface area (Å²) in [5, 5.41) is 15.4.